The molecule has 0 aromatic heterocycles. The molecule has 1 rings (SSSR count). The van der Waals surface area contributed by atoms with E-state index in [1.165, 1.54) is 11.8 Å². The van der Waals surface area contributed by atoms with Crippen LogP contribution in [0.3, 0.4) is 0 Å². The second-order valence-electron chi connectivity index (χ2n) is 5.28. The molecule has 1 aliphatic rings. The molecule has 25 heavy (non-hydrogen) atoms. The van der Waals surface area contributed by atoms with Crippen LogP contribution in [0.4, 0.5) is 4.79 Å². The summed E-state index contributed by atoms with van der Waals surface area (Å²) < 4.78 is 40.3. The Hall–Kier alpha value is -0.130. The summed E-state index contributed by atoms with van der Waals surface area (Å²) in [6, 6.07) is 0. The second kappa shape index (κ2) is 9.70. The molecule has 0 aliphatic carbocycles. The molecule has 0 bridgehead atoms. The maximum Gasteiger partial charge on any atom is 0.508 e. The van der Waals surface area contributed by atoms with Crippen molar-refractivity contribution in [1.29, 1.82) is 0 Å². The SMILES string of the molecule is CC1(C(=O)OCCSCCS(=O)(=O)OCC(Cl)(Cl)Cl)COC(=O)OC1. The molecular formula is C12H17Cl3O8S2. The minimum Gasteiger partial charge on any atom is -0.464 e. The Morgan fingerprint density at radius 1 is 1.28 bits per heavy atom. The van der Waals surface area contributed by atoms with Crippen LogP contribution in [-0.2, 0) is 33.3 Å². The van der Waals surface area contributed by atoms with E-state index in [1.54, 1.807) is 6.92 Å². The molecule has 0 unspecified atom stereocenters. The molecule has 1 heterocycles. The van der Waals surface area contributed by atoms with Gasteiger partial charge in [-0.15, -0.1) is 0 Å². The van der Waals surface area contributed by atoms with Gasteiger partial charge in [-0.2, -0.15) is 20.2 Å². The van der Waals surface area contributed by atoms with Crippen LogP contribution < -0.4 is 0 Å². The maximum atomic E-state index is 11.9. The van der Waals surface area contributed by atoms with E-state index in [9.17, 15) is 18.0 Å². The van der Waals surface area contributed by atoms with E-state index in [2.05, 4.69) is 13.7 Å². The number of cyclic esters (lactones) is 2. The zero-order valence-electron chi connectivity index (χ0n) is 13.2. The largest absolute Gasteiger partial charge is 0.508 e. The minimum absolute atomic E-state index is 0.0715. The molecule has 8 nitrogen and oxygen atoms in total. The lowest BCUT2D eigenvalue weighted by atomic mass is 9.93. The van der Waals surface area contributed by atoms with Crippen LogP contribution in [0.1, 0.15) is 6.92 Å². The topological polar surface area (TPSA) is 105 Å². The van der Waals surface area contributed by atoms with Crippen LogP contribution in [0.15, 0.2) is 0 Å². The van der Waals surface area contributed by atoms with Crippen LogP contribution in [0.25, 0.3) is 0 Å². The van der Waals surface area contributed by atoms with E-state index in [4.69, 9.17) is 39.5 Å². The van der Waals surface area contributed by atoms with Gasteiger partial charge < -0.3 is 14.2 Å². The molecule has 0 aromatic carbocycles. The van der Waals surface area contributed by atoms with Crippen molar-refractivity contribution in [3.8, 4) is 0 Å². The predicted octanol–water partition coefficient (Wildman–Crippen LogP) is 2.15. The number of carbonyl (C=O) groups excluding carboxylic acids is 2. The molecule has 146 valence electrons. The number of halogens is 3. The predicted molar refractivity (Wildman–Crippen MR) is 93.7 cm³/mol. The third-order valence-corrected chi connectivity index (χ3v) is 5.57. The summed E-state index contributed by atoms with van der Waals surface area (Å²) in [5, 5.41) is 0. The van der Waals surface area contributed by atoms with Crippen molar-refractivity contribution in [2.24, 2.45) is 5.41 Å². The van der Waals surface area contributed by atoms with Crippen LogP contribution in [0, 0.1) is 5.41 Å². The fourth-order valence-electron chi connectivity index (χ4n) is 1.48. The van der Waals surface area contributed by atoms with Crippen LogP contribution in [0.2, 0.25) is 0 Å². The summed E-state index contributed by atoms with van der Waals surface area (Å²) in [5.41, 5.74) is -1.05. The highest BCUT2D eigenvalue weighted by atomic mass is 35.6. The maximum absolute atomic E-state index is 11.9. The summed E-state index contributed by atoms with van der Waals surface area (Å²) in [4.78, 5) is 22.7. The number of rotatable bonds is 9. The van der Waals surface area contributed by atoms with E-state index in [-0.39, 0.29) is 31.3 Å². The van der Waals surface area contributed by atoms with Gasteiger partial charge >= 0.3 is 12.1 Å². The lowest BCUT2D eigenvalue weighted by Crippen LogP contribution is -2.44. The second-order valence-corrected chi connectivity index (χ2v) is 10.8. The summed E-state index contributed by atoms with van der Waals surface area (Å²) in [6.07, 6.45) is -0.820. The fraction of sp³-hybridized carbons (Fsp3) is 0.833. The van der Waals surface area contributed by atoms with E-state index < -0.39 is 38.1 Å². The van der Waals surface area contributed by atoms with Crippen molar-refractivity contribution in [2.75, 3.05) is 43.7 Å². The number of esters is 1. The molecule has 1 aliphatic heterocycles. The highest BCUT2D eigenvalue weighted by Gasteiger charge is 2.41. The first-order valence-electron chi connectivity index (χ1n) is 6.92. The van der Waals surface area contributed by atoms with Gasteiger partial charge in [-0.1, -0.05) is 34.8 Å². The average Bonchev–Trinajstić information content (AvgIpc) is 2.51. The Morgan fingerprint density at radius 3 is 2.44 bits per heavy atom. The Morgan fingerprint density at radius 2 is 1.88 bits per heavy atom. The standard InChI is InChI=1S/C12H17Cl3O8S2/c1-11(6-21-10(17)22-7-11)9(16)20-2-3-24-4-5-25(18,19)23-8-12(13,14)15/h2-8H2,1H3. The molecule has 1 saturated heterocycles. The number of thioether (sulfide) groups is 1. The number of alkyl halides is 3. The quantitative estimate of drug-likeness (QED) is 0.222. The van der Waals surface area contributed by atoms with Crippen molar-refractivity contribution >= 4 is 68.8 Å². The van der Waals surface area contributed by atoms with E-state index in [0.29, 0.717) is 5.75 Å². The van der Waals surface area contributed by atoms with Crippen LogP contribution in [-0.4, -0.2) is 68.0 Å². The van der Waals surface area contributed by atoms with Crippen LogP contribution in [0.5, 0.6) is 0 Å². The number of hydrogen-bond acceptors (Lipinski definition) is 9. The van der Waals surface area contributed by atoms with Gasteiger partial charge in [-0.25, -0.2) is 4.79 Å². The van der Waals surface area contributed by atoms with Crippen molar-refractivity contribution < 1.29 is 36.4 Å². The van der Waals surface area contributed by atoms with Gasteiger partial charge in [0.1, 0.15) is 31.8 Å². The van der Waals surface area contributed by atoms with Gasteiger partial charge in [-0.05, 0) is 6.92 Å². The first kappa shape index (κ1) is 22.9. The van der Waals surface area contributed by atoms with Gasteiger partial charge in [0.2, 0.25) is 3.79 Å². The molecule has 0 atom stereocenters. The fourth-order valence-corrected chi connectivity index (χ4v) is 4.01. The van der Waals surface area contributed by atoms with Gasteiger partial charge in [0.25, 0.3) is 10.1 Å². The third kappa shape index (κ3) is 9.39. The average molecular weight is 460 g/mol. The molecule has 1 fully saturated rings. The molecule has 0 radical (unpaired) electrons. The summed E-state index contributed by atoms with van der Waals surface area (Å²) >= 11 is 17.5. The van der Waals surface area contributed by atoms with Crippen molar-refractivity contribution in [2.45, 2.75) is 10.7 Å². The first-order chi connectivity index (χ1) is 11.4. The zero-order valence-corrected chi connectivity index (χ0v) is 17.1. The molecule has 0 amide bonds. The molecule has 0 N–H and O–H groups in total. The number of carbonyl (C=O) groups is 2. The summed E-state index contributed by atoms with van der Waals surface area (Å²) in [7, 11) is -3.80. The molecule has 0 aromatic rings. The smallest absolute Gasteiger partial charge is 0.464 e. The van der Waals surface area contributed by atoms with E-state index >= 15 is 0 Å². The van der Waals surface area contributed by atoms with Crippen molar-refractivity contribution in [3.05, 3.63) is 0 Å². The van der Waals surface area contributed by atoms with Gasteiger partial charge in [0, 0.05) is 11.5 Å². The van der Waals surface area contributed by atoms with E-state index in [1.807, 2.05) is 0 Å². The molecular weight excluding hydrogens is 443 g/mol. The minimum atomic E-state index is -3.80. The van der Waals surface area contributed by atoms with E-state index in [0.717, 1.165) is 0 Å². The molecule has 0 saturated carbocycles. The molecule has 0 spiro atoms. The normalized spacial score (nSPS) is 17.5. The Bertz CT molecular complexity index is 565. The molecule has 13 heteroatoms. The number of hydrogen-bond donors (Lipinski definition) is 0. The lowest BCUT2D eigenvalue weighted by molar-refractivity contribution is -0.165. The highest BCUT2D eigenvalue weighted by molar-refractivity contribution is 8.00. The van der Waals surface area contributed by atoms with Crippen LogP contribution >= 0.6 is 46.6 Å². The number of ether oxygens (including phenoxy) is 3. The first-order valence-corrected chi connectivity index (χ1v) is 10.8. The summed E-state index contributed by atoms with van der Waals surface area (Å²) in [5.74, 6) is -0.229. The third-order valence-electron chi connectivity index (χ3n) is 2.85. The van der Waals surface area contributed by atoms with Gasteiger partial charge in [-0.3, -0.25) is 8.98 Å². The van der Waals surface area contributed by atoms with Crippen molar-refractivity contribution in [3.63, 3.8) is 0 Å². The highest BCUT2D eigenvalue weighted by Crippen LogP contribution is 2.27. The zero-order chi connectivity index (χ0) is 19.1. The Labute approximate surface area is 164 Å². The Balaban J connectivity index is 2.17. The summed E-state index contributed by atoms with van der Waals surface area (Å²) in [6.45, 7) is 0.840. The van der Waals surface area contributed by atoms with Gasteiger partial charge in [0.05, 0.1) is 5.75 Å². The van der Waals surface area contributed by atoms with Crippen molar-refractivity contribution in [1.82, 2.24) is 0 Å². The van der Waals surface area contributed by atoms with Gasteiger partial charge in [0.15, 0.2) is 0 Å². The lowest BCUT2D eigenvalue weighted by Gasteiger charge is -2.29. The Kier molecular flexibility index (Phi) is 8.89. The monoisotopic (exact) mass is 458 g/mol.